The van der Waals surface area contributed by atoms with Gasteiger partial charge in [-0.05, 0) is 84.0 Å². The van der Waals surface area contributed by atoms with Crippen molar-refractivity contribution in [2.75, 3.05) is 13.7 Å². The lowest BCUT2D eigenvalue weighted by molar-refractivity contribution is -0.0522. The molecular formula is C30H26F6O2. The van der Waals surface area contributed by atoms with Crippen molar-refractivity contribution in [2.24, 2.45) is 0 Å². The molecule has 0 aliphatic heterocycles. The molecule has 0 unspecified atom stereocenters. The highest BCUT2D eigenvalue weighted by molar-refractivity contribution is 5.84. The molecule has 0 aliphatic carbocycles. The van der Waals surface area contributed by atoms with Crippen molar-refractivity contribution in [1.82, 2.24) is 0 Å². The van der Waals surface area contributed by atoms with E-state index in [2.05, 4.69) is 4.74 Å². The Morgan fingerprint density at radius 3 is 2.00 bits per heavy atom. The summed E-state index contributed by atoms with van der Waals surface area (Å²) in [6.07, 6.45) is 1.53. The van der Waals surface area contributed by atoms with Gasteiger partial charge in [-0.25, -0.2) is 17.6 Å². The Morgan fingerprint density at radius 1 is 0.658 bits per heavy atom. The second kappa shape index (κ2) is 12.3. The summed E-state index contributed by atoms with van der Waals surface area (Å²) in [5.41, 5.74) is 2.30. The van der Waals surface area contributed by atoms with Crippen molar-refractivity contribution in [3.63, 3.8) is 0 Å². The average molecular weight is 533 g/mol. The van der Waals surface area contributed by atoms with Crippen LogP contribution < -0.4 is 4.74 Å². The van der Waals surface area contributed by atoms with Crippen molar-refractivity contribution in [3.05, 3.63) is 112 Å². The largest absolute Gasteiger partial charge is 0.432 e. The first-order valence-corrected chi connectivity index (χ1v) is 12.1. The van der Waals surface area contributed by atoms with E-state index < -0.39 is 35.6 Å². The average Bonchev–Trinajstić information content (AvgIpc) is 2.88. The molecule has 0 spiro atoms. The summed E-state index contributed by atoms with van der Waals surface area (Å²) >= 11 is 0. The number of alkyl halides is 2. The van der Waals surface area contributed by atoms with Gasteiger partial charge in [-0.15, -0.1) is 0 Å². The number of hydrogen-bond acceptors (Lipinski definition) is 2. The SMILES string of the molecule is COCCc1cc(F)c(CCc2ccc3c(F)c(CCc4ccc(OC(F)F)c(F)c4)ccc3c2)c(F)c1. The predicted octanol–water partition coefficient (Wildman–Crippen LogP) is 7.76. The van der Waals surface area contributed by atoms with Gasteiger partial charge in [-0.1, -0.05) is 36.4 Å². The molecule has 38 heavy (non-hydrogen) atoms. The molecule has 4 rings (SSSR count). The number of rotatable bonds is 11. The van der Waals surface area contributed by atoms with Crippen LogP contribution in [0.1, 0.15) is 27.8 Å². The van der Waals surface area contributed by atoms with E-state index in [1.807, 2.05) is 0 Å². The van der Waals surface area contributed by atoms with Gasteiger partial charge in [0.15, 0.2) is 11.6 Å². The predicted molar refractivity (Wildman–Crippen MR) is 134 cm³/mol. The Kier molecular flexibility index (Phi) is 8.94. The molecule has 0 bridgehead atoms. The second-order valence-corrected chi connectivity index (χ2v) is 9.02. The van der Waals surface area contributed by atoms with Gasteiger partial charge >= 0.3 is 6.61 Å². The van der Waals surface area contributed by atoms with Gasteiger partial charge in [0, 0.05) is 18.1 Å². The standard InChI is InChI=1S/C30H26F6O2/c1-37-13-12-20-16-25(31)24(26(32)17-20)10-4-18-3-9-23-22(14-18)8-7-21(29(23)34)6-2-19-5-11-28(27(33)15-19)38-30(35)36/h3,5,7-9,11,14-17,30H,2,4,6,10,12-13H2,1H3. The number of hydrogen-bond donors (Lipinski definition) is 0. The first kappa shape index (κ1) is 27.5. The minimum absolute atomic E-state index is 0.0121. The third-order valence-electron chi connectivity index (χ3n) is 6.45. The summed E-state index contributed by atoms with van der Waals surface area (Å²) in [4.78, 5) is 0. The zero-order valence-electron chi connectivity index (χ0n) is 20.7. The van der Waals surface area contributed by atoms with Crippen molar-refractivity contribution >= 4 is 10.8 Å². The fourth-order valence-corrected chi connectivity index (χ4v) is 4.43. The van der Waals surface area contributed by atoms with Crippen LogP contribution in [0.15, 0.2) is 60.7 Å². The second-order valence-electron chi connectivity index (χ2n) is 9.02. The molecule has 0 saturated carbocycles. The number of methoxy groups -OCH3 is 1. The molecule has 0 atom stereocenters. The fourth-order valence-electron chi connectivity index (χ4n) is 4.43. The number of ether oxygens (including phenoxy) is 2. The monoisotopic (exact) mass is 532 g/mol. The van der Waals surface area contributed by atoms with E-state index in [0.29, 0.717) is 53.3 Å². The Hall–Kier alpha value is -3.52. The molecule has 0 saturated heterocycles. The fraction of sp³-hybridized carbons (Fsp3) is 0.267. The highest BCUT2D eigenvalue weighted by atomic mass is 19.3. The molecule has 0 radical (unpaired) electrons. The van der Waals surface area contributed by atoms with E-state index in [4.69, 9.17) is 4.74 Å². The lowest BCUT2D eigenvalue weighted by Crippen LogP contribution is -2.04. The van der Waals surface area contributed by atoms with Crippen LogP contribution >= 0.6 is 0 Å². The van der Waals surface area contributed by atoms with E-state index in [1.54, 1.807) is 30.3 Å². The Labute approximate surface area is 216 Å². The maximum Gasteiger partial charge on any atom is 0.387 e. The molecule has 8 heteroatoms. The summed E-state index contributed by atoms with van der Waals surface area (Å²) in [7, 11) is 1.53. The quantitative estimate of drug-likeness (QED) is 0.184. The Balaban J connectivity index is 1.43. The van der Waals surface area contributed by atoms with Crippen molar-refractivity contribution in [2.45, 2.75) is 38.7 Å². The van der Waals surface area contributed by atoms with Crippen LogP contribution in [0, 0.1) is 23.3 Å². The topological polar surface area (TPSA) is 18.5 Å². The zero-order valence-corrected chi connectivity index (χ0v) is 20.7. The molecule has 4 aromatic carbocycles. The molecule has 200 valence electrons. The lowest BCUT2D eigenvalue weighted by atomic mass is 9.96. The minimum atomic E-state index is -3.12. The number of fused-ring (bicyclic) bond motifs is 1. The maximum atomic E-state index is 15.2. The Bertz CT molecular complexity index is 1400. The smallest absolute Gasteiger partial charge is 0.387 e. The minimum Gasteiger partial charge on any atom is -0.432 e. The van der Waals surface area contributed by atoms with Crippen LogP contribution in [0.2, 0.25) is 0 Å². The first-order valence-electron chi connectivity index (χ1n) is 12.1. The highest BCUT2D eigenvalue weighted by Crippen LogP contribution is 2.26. The summed E-state index contributed by atoms with van der Waals surface area (Å²) in [6, 6.07) is 14.9. The van der Waals surface area contributed by atoms with E-state index in [0.717, 1.165) is 17.7 Å². The number of halogens is 6. The zero-order chi connectivity index (χ0) is 27.2. The van der Waals surface area contributed by atoms with E-state index in [1.165, 1.54) is 25.3 Å². The molecular weight excluding hydrogens is 506 g/mol. The van der Waals surface area contributed by atoms with Gasteiger partial charge in [-0.3, -0.25) is 0 Å². The van der Waals surface area contributed by atoms with E-state index in [-0.39, 0.29) is 18.4 Å². The first-order chi connectivity index (χ1) is 18.2. The summed E-state index contributed by atoms with van der Waals surface area (Å²) in [6.45, 7) is -2.75. The lowest BCUT2D eigenvalue weighted by Gasteiger charge is -2.11. The van der Waals surface area contributed by atoms with Gasteiger partial charge in [0.2, 0.25) is 0 Å². The number of benzene rings is 4. The van der Waals surface area contributed by atoms with Crippen LogP contribution in [0.3, 0.4) is 0 Å². The van der Waals surface area contributed by atoms with Crippen molar-refractivity contribution in [3.8, 4) is 5.75 Å². The molecule has 0 fully saturated rings. The van der Waals surface area contributed by atoms with Crippen LogP contribution in [0.25, 0.3) is 10.8 Å². The normalized spacial score (nSPS) is 11.5. The van der Waals surface area contributed by atoms with Gasteiger partial charge in [0.05, 0.1) is 6.61 Å². The van der Waals surface area contributed by atoms with Crippen molar-refractivity contribution < 1.29 is 35.8 Å². The van der Waals surface area contributed by atoms with Crippen LogP contribution in [0.5, 0.6) is 5.75 Å². The molecule has 0 heterocycles. The highest BCUT2D eigenvalue weighted by Gasteiger charge is 2.14. The van der Waals surface area contributed by atoms with Crippen LogP contribution in [0.4, 0.5) is 26.3 Å². The summed E-state index contributed by atoms with van der Waals surface area (Å²) in [5.74, 6) is -3.04. The number of aryl methyl sites for hydroxylation is 3. The third kappa shape index (κ3) is 6.67. The van der Waals surface area contributed by atoms with E-state index in [9.17, 15) is 22.0 Å². The molecule has 2 nitrogen and oxygen atoms in total. The summed E-state index contributed by atoms with van der Waals surface area (Å²) < 4.78 is 91.8. The molecule has 0 aliphatic rings. The Morgan fingerprint density at radius 2 is 1.32 bits per heavy atom. The molecule has 0 aromatic heterocycles. The molecule has 0 amide bonds. The van der Waals surface area contributed by atoms with Crippen LogP contribution in [-0.4, -0.2) is 20.3 Å². The third-order valence-corrected chi connectivity index (χ3v) is 6.45. The van der Waals surface area contributed by atoms with E-state index >= 15 is 4.39 Å². The van der Waals surface area contributed by atoms with Gasteiger partial charge in [-0.2, -0.15) is 8.78 Å². The maximum absolute atomic E-state index is 15.2. The van der Waals surface area contributed by atoms with Gasteiger partial charge < -0.3 is 9.47 Å². The molecule has 0 N–H and O–H groups in total. The molecule has 4 aromatic rings. The van der Waals surface area contributed by atoms with Crippen LogP contribution in [-0.2, 0) is 36.8 Å². The van der Waals surface area contributed by atoms with Crippen molar-refractivity contribution in [1.29, 1.82) is 0 Å². The van der Waals surface area contributed by atoms with Gasteiger partial charge in [0.1, 0.15) is 17.5 Å². The van der Waals surface area contributed by atoms with Gasteiger partial charge in [0.25, 0.3) is 0 Å². The summed E-state index contributed by atoms with van der Waals surface area (Å²) in [5, 5.41) is 1.05.